The van der Waals surface area contributed by atoms with Crippen LogP contribution in [-0.4, -0.2) is 20.2 Å². The Kier molecular flexibility index (Phi) is 9.16. The second-order valence-corrected chi connectivity index (χ2v) is 6.45. The van der Waals surface area contributed by atoms with Crippen LogP contribution in [0.3, 0.4) is 0 Å². The van der Waals surface area contributed by atoms with Crippen molar-refractivity contribution in [3.05, 3.63) is 29.8 Å². The van der Waals surface area contributed by atoms with Crippen molar-refractivity contribution in [1.29, 1.82) is 0 Å². The van der Waals surface area contributed by atoms with E-state index in [4.69, 9.17) is 4.74 Å². The van der Waals surface area contributed by atoms with E-state index in [2.05, 4.69) is 50.4 Å². The van der Waals surface area contributed by atoms with Crippen LogP contribution in [0.1, 0.15) is 52.0 Å². The van der Waals surface area contributed by atoms with Gasteiger partial charge in [0.05, 0.1) is 7.11 Å². The van der Waals surface area contributed by atoms with Gasteiger partial charge in [0.2, 0.25) is 0 Å². The molecule has 0 aliphatic carbocycles. The first-order valence-corrected chi connectivity index (χ1v) is 8.49. The minimum atomic E-state index is 0.740. The number of methoxy groups -OCH3 is 1. The Morgan fingerprint density at radius 1 is 1.10 bits per heavy atom. The zero-order valence-electron chi connectivity index (χ0n) is 14.3. The van der Waals surface area contributed by atoms with E-state index in [1.165, 1.54) is 37.7 Å². The van der Waals surface area contributed by atoms with Crippen molar-refractivity contribution in [3.63, 3.8) is 0 Å². The number of nitrogens with one attached hydrogen (secondary N) is 1. The molecular weight excluding hydrogens is 258 g/mol. The lowest BCUT2D eigenvalue weighted by atomic mass is 9.92. The molecule has 1 rings (SSSR count). The summed E-state index contributed by atoms with van der Waals surface area (Å²) >= 11 is 0. The molecule has 0 saturated heterocycles. The molecule has 0 aromatic heterocycles. The average molecular weight is 291 g/mol. The lowest BCUT2D eigenvalue weighted by molar-refractivity contribution is 0.405. The van der Waals surface area contributed by atoms with E-state index in [0.29, 0.717) is 0 Å². The molecular formula is C19H33NO. The van der Waals surface area contributed by atoms with Crippen molar-refractivity contribution >= 4 is 0 Å². The van der Waals surface area contributed by atoms with Crippen LogP contribution in [0.2, 0.25) is 0 Å². The number of hydrogen-bond donors (Lipinski definition) is 1. The predicted octanol–water partition coefficient (Wildman–Crippen LogP) is 4.68. The maximum absolute atomic E-state index is 5.23. The van der Waals surface area contributed by atoms with Crippen LogP contribution >= 0.6 is 0 Å². The Labute approximate surface area is 131 Å². The molecule has 0 bridgehead atoms. The number of rotatable bonds is 11. The van der Waals surface area contributed by atoms with Gasteiger partial charge in [-0.3, -0.25) is 0 Å². The molecule has 0 aliphatic rings. The molecule has 21 heavy (non-hydrogen) atoms. The van der Waals surface area contributed by atoms with E-state index in [1.54, 1.807) is 7.11 Å². The van der Waals surface area contributed by atoms with Gasteiger partial charge >= 0.3 is 0 Å². The molecule has 2 nitrogen and oxygen atoms in total. The molecule has 0 aliphatic heterocycles. The third-order valence-electron chi connectivity index (χ3n) is 3.94. The molecule has 0 heterocycles. The molecule has 0 amide bonds. The quantitative estimate of drug-likeness (QED) is 0.598. The summed E-state index contributed by atoms with van der Waals surface area (Å²) in [5, 5.41) is 3.59. The highest BCUT2D eigenvalue weighted by Crippen LogP contribution is 2.19. The smallest absolute Gasteiger partial charge is 0.118 e. The third-order valence-corrected chi connectivity index (χ3v) is 3.94. The van der Waals surface area contributed by atoms with Crippen molar-refractivity contribution in [2.75, 3.05) is 20.2 Å². The van der Waals surface area contributed by atoms with Crippen molar-refractivity contribution in [3.8, 4) is 5.75 Å². The van der Waals surface area contributed by atoms with E-state index in [1.807, 2.05) is 0 Å². The predicted molar refractivity (Wildman–Crippen MR) is 92.0 cm³/mol. The normalized spacial score (nSPS) is 12.6. The van der Waals surface area contributed by atoms with Gasteiger partial charge in [0.15, 0.2) is 0 Å². The Morgan fingerprint density at radius 3 is 2.38 bits per heavy atom. The number of benzene rings is 1. The van der Waals surface area contributed by atoms with Gasteiger partial charge < -0.3 is 10.1 Å². The highest BCUT2D eigenvalue weighted by atomic mass is 16.5. The fraction of sp³-hybridized carbons (Fsp3) is 0.684. The minimum absolute atomic E-state index is 0.740. The van der Waals surface area contributed by atoms with Crippen LogP contribution in [-0.2, 0) is 6.42 Å². The summed E-state index contributed by atoms with van der Waals surface area (Å²) in [6.45, 7) is 9.12. The van der Waals surface area contributed by atoms with Crippen LogP contribution in [0.4, 0.5) is 0 Å². The van der Waals surface area contributed by atoms with Gasteiger partial charge in [-0.15, -0.1) is 0 Å². The Bertz CT molecular complexity index is 358. The monoisotopic (exact) mass is 291 g/mol. The summed E-state index contributed by atoms with van der Waals surface area (Å²) in [5.41, 5.74) is 1.42. The largest absolute Gasteiger partial charge is 0.497 e. The van der Waals surface area contributed by atoms with Crippen molar-refractivity contribution in [1.82, 2.24) is 5.32 Å². The van der Waals surface area contributed by atoms with E-state index >= 15 is 0 Å². The Morgan fingerprint density at radius 2 is 1.81 bits per heavy atom. The fourth-order valence-corrected chi connectivity index (χ4v) is 2.67. The highest BCUT2D eigenvalue weighted by Gasteiger charge is 2.10. The second kappa shape index (κ2) is 10.7. The Hall–Kier alpha value is -1.02. The van der Waals surface area contributed by atoms with E-state index in [9.17, 15) is 0 Å². The maximum Gasteiger partial charge on any atom is 0.118 e. The average Bonchev–Trinajstić information content (AvgIpc) is 2.47. The summed E-state index contributed by atoms with van der Waals surface area (Å²) in [4.78, 5) is 0. The molecule has 1 aromatic carbocycles. The van der Waals surface area contributed by atoms with Crippen LogP contribution in [0.15, 0.2) is 24.3 Å². The third kappa shape index (κ3) is 8.11. The van der Waals surface area contributed by atoms with Gasteiger partial charge in [0, 0.05) is 0 Å². The summed E-state index contributed by atoms with van der Waals surface area (Å²) < 4.78 is 5.23. The second-order valence-electron chi connectivity index (χ2n) is 6.45. The van der Waals surface area contributed by atoms with Crippen molar-refractivity contribution in [2.24, 2.45) is 11.8 Å². The van der Waals surface area contributed by atoms with Gasteiger partial charge in [-0.2, -0.15) is 0 Å². The van der Waals surface area contributed by atoms with Crippen LogP contribution in [0.5, 0.6) is 5.75 Å². The summed E-state index contributed by atoms with van der Waals surface area (Å²) in [6.07, 6.45) is 6.38. The zero-order valence-corrected chi connectivity index (χ0v) is 14.3. The Balaban J connectivity index is 2.48. The molecule has 2 heteroatoms. The van der Waals surface area contributed by atoms with Crippen LogP contribution in [0.25, 0.3) is 0 Å². The number of ether oxygens (including phenoxy) is 1. The van der Waals surface area contributed by atoms with Crippen molar-refractivity contribution < 1.29 is 4.74 Å². The summed E-state index contributed by atoms with van der Waals surface area (Å²) in [6, 6.07) is 8.54. The molecule has 0 radical (unpaired) electrons. The molecule has 120 valence electrons. The SMILES string of the molecule is CCCNCC(CCCC(C)C)Cc1ccc(OC)cc1. The standard InChI is InChI=1S/C19H33NO/c1-5-13-20-15-18(8-6-7-16(2)3)14-17-9-11-19(21-4)12-10-17/h9-12,16,18,20H,5-8,13-15H2,1-4H3. The van der Waals surface area contributed by atoms with Gasteiger partial charge in [0.25, 0.3) is 0 Å². The zero-order chi connectivity index (χ0) is 15.5. The molecule has 1 N–H and O–H groups in total. The van der Waals surface area contributed by atoms with E-state index in [0.717, 1.165) is 30.7 Å². The summed E-state index contributed by atoms with van der Waals surface area (Å²) in [7, 11) is 1.72. The molecule has 1 atom stereocenters. The topological polar surface area (TPSA) is 21.3 Å². The molecule has 0 saturated carbocycles. The lowest BCUT2D eigenvalue weighted by Gasteiger charge is -2.18. The fourth-order valence-electron chi connectivity index (χ4n) is 2.67. The van der Waals surface area contributed by atoms with Crippen LogP contribution < -0.4 is 10.1 Å². The van der Waals surface area contributed by atoms with Gasteiger partial charge in [-0.05, 0) is 61.9 Å². The maximum atomic E-state index is 5.23. The van der Waals surface area contributed by atoms with Crippen molar-refractivity contribution in [2.45, 2.75) is 52.9 Å². The van der Waals surface area contributed by atoms with Gasteiger partial charge in [0.1, 0.15) is 5.75 Å². The molecule has 0 fully saturated rings. The first-order chi connectivity index (χ1) is 10.2. The van der Waals surface area contributed by atoms with Gasteiger partial charge in [-0.1, -0.05) is 45.7 Å². The molecule has 1 aromatic rings. The highest BCUT2D eigenvalue weighted by molar-refractivity contribution is 5.27. The molecule has 1 unspecified atom stereocenters. The first kappa shape index (κ1) is 18.0. The first-order valence-electron chi connectivity index (χ1n) is 8.49. The van der Waals surface area contributed by atoms with E-state index in [-0.39, 0.29) is 0 Å². The molecule has 0 spiro atoms. The van der Waals surface area contributed by atoms with Gasteiger partial charge in [-0.25, -0.2) is 0 Å². The van der Waals surface area contributed by atoms with Crippen LogP contribution in [0, 0.1) is 11.8 Å². The number of hydrogen-bond acceptors (Lipinski definition) is 2. The van der Waals surface area contributed by atoms with E-state index < -0.39 is 0 Å². The minimum Gasteiger partial charge on any atom is -0.497 e. The lowest BCUT2D eigenvalue weighted by Crippen LogP contribution is -2.25. The summed E-state index contributed by atoms with van der Waals surface area (Å²) in [5.74, 6) is 2.50.